The predicted octanol–water partition coefficient (Wildman–Crippen LogP) is 3.79. The minimum absolute atomic E-state index is 0.0729. The fourth-order valence-corrected chi connectivity index (χ4v) is 1.97. The molecular formula is C12H12Cl2N2O2. The molecule has 0 radical (unpaired) electrons. The normalized spacial score (nSPS) is 10.7. The molecule has 0 saturated heterocycles. The molecule has 18 heavy (non-hydrogen) atoms. The van der Waals surface area contributed by atoms with Gasteiger partial charge in [-0.15, -0.1) is 0 Å². The Morgan fingerprint density at radius 3 is 2.72 bits per heavy atom. The van der Waals surface area contributed by atoms with E-state index in [0.29, 0.717) is 16.7 Å². The highest BCUT2D eigenvalue weighted by Gasteiger charge is 2.13. The van der Waals surface area contributed by atoms with Gasteiger partial charge in [-0.2, -0.15) is 5.10 Å². The molecule has 96 valence electrons. The Morgan fingerprint density at radius 1 is 1.33 bits per heavy atom. The fraction of sp³-hybridized carbons (Fsp3) is 0.250. The Hall–Kier alpha value is -1.39. The van der Waals surface area contributed by atoms with E-state index in [9.17, 15) is 5.11 Å². The van der Waals surface area contributed by atoms with Crippen LogP contribution >= 0.6 is 23.2 Å². The third-order valence-electron chi connectivity index (χ3n) is 2.54. The summed E-state index contributed by atoms with van der Waals surface area (Å²) in [6, 6.07) is 2.83. The number of aryl methyl sites for hydroxylation is 2. The van der Waals surface area contributed by atoms with E-state index in [-0.39, 0.29) is 10.8 Å². The van der Waals surface area contributed by atoms with Gasteiger partial charge in [0.1, 0.15) is 5.75 Å². The summed E-state index contributed by atoms with van der Waals surface area (Å²) < 4.78 is 7.30. The molecule has 1 heterocycles. The van der Waals surface area contributed by atoms with Gasteiger partial charge in [0.05, 0.1) is 16.2 Å². The van der Waals surface area contributed by atoms with Gasteiger partial charge in [0.25, 0.3) is 0 Å². The van der Waals surface area contributed by atoms with Gasteiger partial charge in [0.2, 0.25) is 5.88 Å². The molecule has 0 amide bonds. The SMILES string of the molecule is CCc1cnn(C)c1Oc1cc(O)c(Cl)cc1Cl. The zero-order valence-electron chi connectivity index (χ0n) is 9.94. The van der Waals surface area contributed by atoms with Crippen molar-refractivity contribution in [3.63, 3.8) is 0 Å². The van der Waals surface area contributed by atoms with E-state index in [1.807, 2.05) is 6.92 Å². The summed E-state index contributed by atoms with van der Waals surface area (Å²) in [6.45, 7) is 2.00. The quantitative estimate of drug-likeness (QED) is 0.934. The second-order valence-corrected chi connectivity index (χ2v) is 4.60. The number of phenolic OH excluding ortho intramolecular Hbond substituents is 1. The summed E-state index contributed by atoms with van der Waals surface area (Å²) in [7, 11) is 1.78. The Bertz CT molecular complexity index is 582. The average molecular weight is 287 g/mol. The fourth-order valence-electron chi connectivity index (χ4n) is 1.55. The lowest BCUT2D eigenvalue weighted by Crippen LogP contribution is -1.97. The highest BCUT2D eigenvalue weighted by molar-refractivity contribution is 6.36. The smallest absolute Gasteiger partial charge is 0.220 e. The number of halogens is 2. The van der Waals surface area contributed by atoms with Crippen LogP contribution in [0.25, 0.3) is 0 Å². The maximum atomic E-state index is 9.56. The molecule has 0 saturated carbocycles. The molecule has 0 unspecified atom stereocenters. The van der Waals surface area contributed by atoms with Crippen LogP contribution in [0.15, 0.2) is 18.3 Å². The third kappa shape index (κ3) is 2.40. The van der Waals surface area contributed by atoms with Crippen LogP contribution in [0.3, 0.4) is 0 Å². The van der Waals surface area contributed by atoms with E-state index in [1.54, 1.807) is 17.9 Å². The molecule has 1 N–H and O–H groups in total. The van der Waals surface area contributed by atoms with Crippen molar-refractivity contribution in [2.24, 2.45) is 7.05 Å². The van der Waals surface area contributed by atoms with Gasteiger partial charge >= 0.3 is 0 Å². The largest absolute Gasteiger partial charge is 0.506 e. The van der Waals surface area contributed by atoms with Crippen LogP contribution in [-0.4, -0.2) is 14.9 Å². The van der Waals surface area contributed by atoms with Gasteiger partial charge in [0, 0.05) is 18.7 Å². The molecule has 1 aromatic carbocycles. The van der Waals surface area contributed by atoms with Gasteiger partial charge < -0.3 is 9.84 Å². The first-order valence-electron chi connectivity index (χ1n) is 5.39. The predicted molar refractivity (Wildman–Crippen MR) is 70.8 cm³/mol. The Kier molecular flexibility index (Phi) is 3.68. The Labute approximate surface area is 115 Å². The lowest BCUT2D eigenvalue weighted by molar-refractivity contribution is 0.419. The molecule has 1 aromatic heterocycles. The summed E-state index contributed by atoms with van der Waals surface area (Å²) in [6.07, 6.45) is 2.53. The molecule has 6 heteroatoms. The van der Waals surface area contributed by atoms with E-state index >= 15 is 0 Å². The van der Waals surface area contributed by atoms with Crippen molar-refractivity contribution in [2.75, 3.05) is 0 Å². The second-order valence-electron chi connectivity index (χ2n) is 3.79. The molecule has 2 aromatic rings. The van der Waals surface area contributed by atoms with Crippen molar-refractivity contribution in [3.8, 4) is 17.4 Å². The number of aromatic hydroxyl groups is 1. The Morgan fingerprint density at radius 2 is 2.06 bits per heavy atom. The molecular weight excluding hydrogens is 275 g/mol. The van der Waals surface area contributed by atoms with Gasteiger partial charge in [-0.05, 0) is 12.5 Å². The molecule has 0 atom stereocenters. The zero-order valence-corrected chi connectivity index (χ0v) is 11.5. The maximum Gasteiger partial charge on any atom is 0.220 e. The number of hydrogen-bond donors (Lipinski definition) is 1. The van der Waals surface area contributed by atoms with Crippen LogP contribution in [0.5, 0.6) is 17.4 Å². The number of benzene rings is 1. The zero-order chi connectivity index (χ0) is 13.3. The molecule has 0 bridgehead atoms. The Balaban J connectivity index is 2.39. The van der Waals surface area contributed by atoms with Crippen molar-refractivity contribution in [1.29, 1.82) is 0 Å². The van der Waals surface area contributed by atoms with Crippen molar-refractivity contribution in [1.82, 2.24) is 9.78 Å². The van der Waals surface area contributed by atoms with Crippen molar-refractivity contribution in [2.45, 2.75) is 13.3 Å². The molecule has 0 aliphatic heterocycles. The van der Waals surface area contributed by atoms with Crippen LogP contribution in [0.4, 0.5) is 0 Å². The van der Waals surface area contributed by atoms with Crippen LogP contribution in [0, 0.1) is 0 Å². The van der Waals surface area contributed by atoms with Crippen LogP contribution < -0.4 is 4.74 Å². The minimum Gasteiger partial charge on any atom is -0.506 e. The topological polar surface area (TPSA) is 47.3 Å². The number of hydrogen-bond acceptors (Lipinski definition) is 3. The van der Waals surface area contributed by atoms with Gasteiger partial charge in [-0.25, -0.2) is 4.68 Å². The summed E-state index contributed by atoms with van der Waals surface area (Å²) >= 11 is 11.8. The highest BCUT2D eigenvalue weighted by atomic mass is 35.5. The first-order chi connectivity index (χ1) is 8.52. The van der Waals surface area contributed by atoms with Crippen LogP contribution in [0.1, 0.15) is 12.5 Å². The van der Waals surface area contributed by atoms with Gasteiger partial charge in [-0.3, -0.25) is 0 Å². The number of nitrogens with zero attached hydrogens (tertiary/aromatic N) is 2. The maximum absolute atomic E-state index is 9.56. The third-order valence-corrected chi connectivity index (χ3v) is 3.14. The first kappa shape index (κ1) is 13.1. The van der Waals surface area contributed by atoms with E-state index < -0.39 is 0 Å². The molecule has 2 rings (SSSR count). The monoisotopic (exact) mass is 286 g/mol. The molecule has 0 aliphatic rings. The second kappa shape index (κ2) is 5.08. The summed E-state index contributed by atoms with van der Waals surface area (Å²) in [5.74, 6) is 0.870. The lowest BCUT2D eigenvalue weighted by Gasteiger charge is -2.10. The number of ether oxygens (including phenoxy) is 1. The molecule has 0 aliphatic carbocycles. The highest BCUT2D eigenvalue weighted by Crippen LogP contribution is 2.37. The summed E-state index contributed by atoms with van der Waals surface area (Å²) in [5, 5.41) is 14.2. The van der Waals surface area contributed by atoms with Crippen molar-refractivity contribution >= 4 is 23.2 Å². The van der Waals surface area contributed by atoms with E-state index in [4.69, 9.17) is 27.9 Å². The minimum atomic E-state index is -0.0729. The van der Waals surface area contributed by atoms with Gasteiger partial charge in [0.15, 0.2) is 5.75 Å². The number of rotatable bonds is 3. The molecule has 0 spiro atoms. The lowest BCUT2D eigenvalue weighted by atomic mass is 10.2. The molecule has 4 nitrogen and oxygen atoms in total. The van der Waals surface area contributed by atoms with Gasteiger partial charge in [-0.1, -0.05) is 30.1 Å². The van der Waals surface area contributed by atoms with Crippen LogP contribution in [0.2, 0.25) is 10.0 Å². The first-order valence-corrected chi connectivity index (χ1v) is 6.15. The average Bonchev–Trinajstić information content (AvgIpc) is 2.67. The van der Waals surface area contributed by atoms with E-state index in [2.05, 4.69) is 5.10 Å². The van der Waals surface area contributed by atoms with E-state index in [1.165, 1.54) is 12.1 Å². The van der Waals surface area contributed by atoms with Crippen LogP contribution in [-0.2, 0) is 13.5 Å². The summed E-state index contributed by atoms with van der Waals surface area (Å²) in [4.78, 5) is 0. The van der Waals surface area contributed by atoms with E-state index in [0.717, 1.165) is 12.0 Å². The number of aromatic nitrogens is 2. The van der Waals surface area contributed by atoms with Crippen molar-refractivity contribution < 1.29 is 9.84 Å². The standard InChI is InChI=1S/C12H12Cl2N2O2/c1-3-7-6-15-16(2)12(7)18-11-5-10(17)8(13)4-9(11)14/h4-6,17H,3H2,1-2H3. The summed E-state index contributed by atoms with van der Waals surface area (Å²) in [5.41, 5.74) is 0.961. The van der Waals surface area contributed by atoms with Crippen molar-refractivity contribution in [3.05, 3.63) is 33.9 Å². The molecule has 0 fully saturated rings. The number of phenols is 1.